The molecule has 4 atom stereocenters. The summed E-state index contributed by atoms with van der Waals surface area (Å²) in [6, 6.07) is 20.5. The molecule has 0 radical (unpaired) electrons. The SMILES string of the molecule is O[C@@H]1CCC2(C[C@H]1NCc1ccccc1)OCCO2.O[C@H]1CCC2(C[C@@H]1NCc1ccccc1)OCCO2. The van der Waals surface area contributed by atoms with E-state index in [2.05, 4.69) is 34.9 Å². The van der Waals surface area contributed by atoms with Gasteiger partial charge in [0.15, 0.2) is 11.6 Å². The van der Waals surface area contributed by atoms with Crippen LogP contribution in [0.1, 0.15) is 49.7 Å². The Labute approximate surface area is 225 Å². The number of aliphatic hydroxyl groups is 2. The van der Waals surface area contributed by atoms with Gasteiger partial charge < -0.3 is 39.8 Å². The third kappa shape index (κ3) is 7.20. The molecule has 38 heavy (non-hydrogen) atoms. The standard InChI is InChI=1S/2C15H21NO3/c2*17-14-6-7-15(18-8-9-19-15)10-13(14)16-11-12-4-2-1-3-5-12/h2*1-5,13-14,16-17H,6-11H2/t2*13-,14-/m10/s1. The molecule has 2 saturated heterocycles. The first-order valence-electron chi connectivity index (χ1n) is 14.0. The number of benzene rings is 2. The summed E-state index contributed by atoms with van der Waals surface area (Å²) < 4.78 is 23.0. The van der Waals surface area contributed by atoms with Gasteiger partial charge in [0.05, 0.1) is 38.6 Å². The lowest BCUT2D eigenvalue weighted by Gasteiger charge is -2.39. The Morgan fingerprint density at radius 3 is 1.34 bits per heavy atom. The molecule has 2 aliphatic heterocycles. The van der Waals surface area contributed by atoms with E-state index in [1.165, 1.54) is 11.1 Å². The Bertz CT molecular complexity index is 886. The van der Waals surface area contributed by atoms with Gasteiger partial charge in [0.1, 0.15) is 0 Å². The Morgan fingerprint density at radius 2 is 0.974 bits per heavy atom. The molecule has 2 spiro atoms. The highest BCUT2D eigenvalue weighted by Gasteiger charge is 2.45. The van der Waals surface area contributed by atoms with E-state index in [1.807, 2.05) is 36.4 Å². The highest BCUT2D eigenvalue weighted by molar-refractivity contribution is 5.15. The van der Waals surface area contributed by atoms with Gasteiger partial charge >= 0.3 is 0 Å². The number of aliphatic hydroxyl groups excluding tert-OH is 2. The minimum atomic E-state index is -0.451. The summed E-state index contributed by atoms with van der Waals surface area (Å²) in [4.78, 5) is 0. The third-order valence-corrected chi connectivity index (χ3v) is 8.08. The second-order valence-corrected chi connectivity index (χ2v) is 10.8. The molecular formula is C30H42N2O6. The van der Waals surface area contributed by atoms with Crippen LogP contribution >= 0.6 is 0 Å². The molecule has 2 saturated carbocycles. The van der Waals surface area contributed by atoms with E-state index >= 15 is 0 Å². The molecule has 8 nitrogen and oxygen atoms in total. The zero-order valence-corrected chi connectivity index (χ0v) is 22.1. The molecule has 4 aliphatic rings. The van der Waals surface area contributed by atoms with Crippen molar-refractivity contribution in [2.24, 2.45) is 0 Å². The molecule has 2 aromatic carbocycles. The molecule has 0 amide bonds. The maximum absolute atomic E-state index is 10.1. The van der Waals surface area contributed by atoms with Crippen LogP contribution in [0.25, 0.3) is 0 Å². The summed E-state index contributed by atoms with van der Waals surface area (Å²) in [5.74, 6) is -0.902. The van der Waals surface area contributed by atoms with Crippen LogP contribution in [0, 0.1) is 0 Å². The summed E-state index contributed by atoms with van der Waals surface area (Å²) in [6.07, 6.45) is 3.85. The fraction of sp³-hybridized carbons (Fsp3) is 0.600. The lowest BCUT2D eigenvalue weighted by molar-refractivity contribution is -0.195. The first-order chi connectivity index (χ1) is 18.5. The lowest BCUT2D eigenvalue weighted by Crippen LogP contribution is -2.51. The molecule has 8 heteroatoms. The topological polar surface area (TPSA) is 101 Å². The van der Waals surface area contributed by atoms with Crippen molar-refractivity contribution in [3.05, 3.63) is 71.8 Å². The minimum Gasteiger partial charge on any atom is -0.391 e. The molecule has 0 aromatic heterocycles. The predicted molar refractivity (Wildman–Crippen MR) is 143 cm³/mol. The van der Waals surface area contributed by atoms with Gasteiger partial charge in [-0.05, 0) is 24.0 Å². The highest BCUT2D eigenvalue weighted by Crippen LogP contribution is 2.37. The van der Waals surface area contributed by atoms with Crippen molar-refractivity contribution in [2.45, 2.75) is 87.5 Å². The van der Waals surface area contributed by atoms with Crippen LogP contribution < -0.4 is 10.6 Å². The Balaban J connectivity index is 0.000000155. The summed E-state index contributed by atoms with van der Waals surface area (Å²) in [5, 5.41) is 27.1. The van der Waals surface area contributed by atoms with E-state index < -0.39 is 11.6 Å². The third-order valence-electron chi connectivity index (χ3n) is 8.08. The van der Waals surface area contributed by atoms with E-state index in [4.69, 9.17) is 18.9 Å². The monoisotopic (exact) mass is 526 g/mol. The molecule has 208 valence electrons. The fourth-order valence-corrected chi connectivity index (χ4v) is 5.91. The number of rotatable bonds is 6. The van der Waals surface area contributed by atoms with E-state index in [9.17, 15) is 10.2 Å². The molecular weight excluding hydrogens is 484 g/mol. The van der Waals surface area contributed by atoms with Crippen molar-refractivity contribution in [3.63, 3.8) is 0 Å². The van der Waals surface area contributed by atoms with Gasteiger partial charge in [-0.3, -0.25) is 0 Å². The number of hydrogen-bond acceptors (Lipinski definition) is 8. The van der Waals surface area contributed by atoms with E-state index in [1.54, 1.807) is 0 Å². The smallest absolute Gasteiger partial charge is 0.170 e. The number of hydrogen-bond donors (Lipinski definition) is 4. The Hall–Kier alpha value is -1.88. The van der Waals surface area contributed by atoms with Gasteiger partial charge in [0, 0.05) is 50.9 Å². The molecule has 0 unspecified atom stereocenters. The van der Waals surface area contributed by atoms with Crippen LogP contribution in [0.2, 0.25) is 0 Å². The maximum atomic E-state index is 10.1. The molecule has 6 rings (SSSR count). The Morgan fingerprint density at radius 1 is 0.605 bits per heavy atom. The molecule has 2 aromatic rings. The molecule has 4 fully saturated rings. The average molecular weight is 527 g/mol. The maximum Gasteiger partial charge on any atom is 0.170 e. The zero-order valence-electron chi connectivity index (χ0n) is 22.1. The van der Waals surface area contributed by atoms with E-state index in [-0.39, 0.29) is 24.3 Å². The van der Waals surface area contributed by atoms with Crippen molar-refractivity contribution in [3.8, 4) is 0 Å². The van der Waals surface area contributed by atoms with Gasteiger partial charge in [-0.15, -0.1) is 0 Å². The van der Waals surface area contributed by atoms with Crippen LogP contribution in [0.3, 0.4) is 0 Å². The van der Waals surface area contributed by atoms with Gasteiger partial charge in [0.2, 0.25) is 0 Å². The lowest BCUT2D eigenvalue weighted by atomic mass is 9.87. The van der Waals surface area contributed by atoms with Gasteiger partial charge in [-0.25, -0.2) is 0 Å². The molecule has 2 aliphatic carbocycles. The second kappa shape index (κ2) is 13.0. The number of ether oxygens (including phenoxy) is 4. The summed E-state index contributed by atoms with van der Waals surface area (Å²) in [5.41, 5.74) is 2.45. The van der Waals surface area contributed by atoms with Crippen LogP contribution in [0.4, 0.5) is 0 Å². The van der Waals surface area contributed by atoms with Gasteiger partial charge in [-0.2, -0.15) is 0 Å². The van der Waals surface area contributed by atoms with Crippen molar-refractivity contribution in [1.29, 1.82) is 0 Å². The van der Waals surface area contributed by atoms with Gasteiger partial charge in [-0.1, -0.05) is 60.7 Å². The molecule has 0 bridgehead atoms. The summed E-state index contributed by atoms with van der Waals surface area (Å²) >= 11 is 0. The number of nitrogens with one attached hydrogen (secondary N) is 2. The first-order valence-corrected chi connectivity index (χ1v) is 14.0. The van der Waals surface area contributed by atoms with Crippen molar-refractivity contribution in [2.75, 3.05) is 26.4 Å². The largest absolute Gasteiger partial charge is 0.391 e. The quantitative estimate of drug-likeness (QED) is 0.456. The Kier molecular flexibility index (Phi) is 9.46. The fourth-order valence-electron chi connectivity index (χ4n) is 5.91. The van der Waals surface area contributed by atoms with E-state index in [0.717, 1.165) is 51.6 Å². The van der Waals surface area contributed by atoms with Crippen LogP contribution in [0.5, 0.6) is 0 Å². The van der Waals surface area contributed by atoms with Crippen molar-refractivity contribution >= 4 is 0 Å². The normalized spacial score (nSPS) is 29.7. The highest BCUT2D eigenvalue weighted by atomic mass is 16.7. The van der Waals surface area contributed by atoms with E-state index in [0.29, 0.717) is 26.4 Å². The predicted octanol–water partition coefficient (Wildman–Crippen LogP) is 2.87. The zero-order chi connectivity index (χ0) is 26.3. The van der Waals surface area contributed by atoms with Crippen LogP contribution in [-0.2, 0) is 32.0 Å². The summed E-state index contributed by atoms with van der Waals surface area (Å²) in [7, 11) is 0. The second-order valence-electron chi connectivity index (χ2n) is 10.8. The van der Waals surface area contributed by atoms with Crippen LogP contribution in [-0.4, -0.2) is 72.5 Å². The van der Waals surface area contributed by atoms with Crippen molar-refractivity contribution < 1.29 is 29.2 Å². The van der Waals surface area contributed by atoms with Crippen LogP contribution in [0.15, 0.2) is 60.7 Å². The minimum absolute atomic E-state index is 0.0343. The average Bonchev–Trinajstić information content (AvgIpc) is 3.61. The molecule has 2 heterocycles. The molecule has 4 N–H and O–H groups in total. The summed E-state index contributed by atoms with van der Waals surface area (Å²) in [6.45, 7) is 4.20. The van der Waals surface area contributed by atoms with Crippen molar-refractivity contribution in [1.82, 2.24) is 10.6 Å². The first kappa shape index (κ1) is 27.7. The van der Waals surface area contributed by atoms with Gasteiger partial charge in [0.25, 0.3) is 0 Å².